The summed E-state index contributed by atoms with van der Waals surface area (Å²) < 4.78 is 10.2. The Balaban J connectivity index is 2.02. The Hall–Kier alpha value is -2.20. The lowest BCUT2D eigenvalue weighted by Gasteiger charge is -2.11. The molecular weight excluding hydrogens is 278 g/mol. The molecule has 20 heavy (non-hydrogen) atoms. The molecule has 0 aliphatic carbocycles. The highest BCUT2D eigenvalue weighted by molar-refractivity contribution is 6.22. The Morgan fingerprint density at radius 1 is 1.20 bits per heavy atom. The van der Waals surface area contributed by atoms with Crippen molar-refractivity contribution in [1.82, 2.24) is 4.98 Å². The minimum atomic E-state index is -0.468. The van der Waals surface area contributed by atoms with Crippen molar-refractivity contribution in [2.75, 3.05) is 7.11 Å². The van der Waals surface area contributed by atoms with Crippen molar-refractivity contribution >= 4 is 22.7 Å². The fourth-order valence-electron chi connectivity index (χ4n) is 2.11. The number of aromatic nitrogens is 1. The van der Waals surface area contributed by atoms with Gasteiger partial charge in [-0.2, -0.15) is 0 Å². The second-order valence-corrected chi connectivity index (χ2v) is 4.85. The summed E-state index contributed by atoms with van der Waals surface area (Å²) in [5.41, 5.74) is 2.94. The smallest absolute Gasteiger partial charge is 0.417 e. The summed E-state index contributed by atoms with van der Waals surface area (Å²) in [4.78, 5) is 13.7. The first-order valence-electron chi connectivity index (χ1n) is 6.08. The molecule has 0 radical (unpaired) electrons. The molecule has 3 aromatic rings. The van der Waals surface area contributed by atoms with Crippen LogP contribution >= 0.6 is 11.6 Å². The number of rotatable bonds is 3. The summed E-state index contributed by atoms with van der Waals surface area (Å²) in [6.45, 7) is 0. The van der Waals surface area contributed by atoms with Crippen LogP contribution in [0.15, 0.2) is 51.7 Å². The molecule has 0 amide bonds. The van der Waals surface area contributed by atoms with E-state index in [1.54, 1.807) is 19.2 Å². The van der Waals surface area contributed by atoms with E-state index in [-0.39, 0.29) is 5.38 Å². The molecule has 0 saturated carbocycles. The number of alkyl halides is 1. The third-order valence-electron chi connectivity index (χ3n) is 3.12. The molecular formula is C15H12ClNO3. The van der Waals surface area contributed by atoms with Crippen molar-refractivity contribution < 1.29 is 9.15 Å². The summed E-state index contributed by atoms with van der Waals surface area (Å²) in [6, 6.07) is 13.0. The number of aromatic amines is 1. The fourth-order valence-corrected chi connectivity index (χ4v) is 2.38. The zero-order valence-corrected chi connectivity index (χ0v) is 11.5. The first-order valence-corrected chi connectivity index (χ1v) is 6.52. The van der Waals surface area contributed by atoms with Gasteiger partial charge >= 0.3 is 5.76 Å². The van der Waals surface area contributed by atoms with Gasteiger partial charge in [0, 0.05) is 0 Å². The quantitative estimate of drug-likeness (QED) is 0.751. The van der Waals surface area contributed by atoms with Crippen LogP contribution in [-0.4, -0.2) is 12.1 Å². The van der Waals surface area contributed by atoms with Crippen LogP contribution < -0.4 is 10.5 Å². The summed E-state index contributed by atoms with van der Waals surface area (Å²) >= 11 is 6.48. The highest BCUT2D eigenvalue weighted by Gasteiger charge is 2.13. The highest BCUT2D eigenvalue weighted by Crippen LogP contribution is 2.31. The lowest BCUT2D eigenvalue weighted by Crippen LogP contribution is -1.94. The monoisotopic (exact) mass is 289 g/mol. The van der Waals surface area contributed by atoms with Gasteiger partial charge in [0.15, 0.2) is 5.58 Å². The lowest BCUT2D eigenvalue weighted by molar-refractivity contribution is 0.414. The van der Waals surface area contributed by atoms with E-state index in [9.17, 15) is 4.79 Å². The fraction of sp³-hybridized carbons (Fsp3) is 0.133. The summed E-state index contributed by atoms with van der Waals surface area (Å²) in [6.07, 6.45) is 0. The van der Waals surface area contributed by atoms with E-state index in [2.05, 4.69) is 4.98 Å². The van der Waals surface area contributed by atoms with Gasteiger partial charge in [0.05, 0.1) is 18.0 Å². The molecule has 0 aliphatic heterocycles. The minimum Gasteiger partial charge on any atom is -0.497 e. The van der Waals surface area contributed by atoms with Crippen molar-refractivity contribution in [3.8, 4) is 5.75 Å². The van der Waals surface area contributed by atoms with Gasteiger partial charge in [0.25, 0.3) is 0 Å². The normalized spacial score (nSPS) is 12.5. The van der Waals surface area contributed by atoms with Crippen molar-refractivity contribution in [2.45, 2.75) is 5.38 Å². The van der Waals surface area contributed by atoms with Gasteiger partial charge in [-0.15, -0.1) is 11.6 Å². The van der Waals surface area contributed by atoms with Crippen LogP contribution in [0, 0.1) is 0 Å². The van der Waals surface area contributed by atoms with E-state index in [4.69, 9.17) is 20.8 Å². The number of halogens is 1. The third kappa shape index (κ3) is 2.30. The van der Waals surface area contributed by atoms with Gasteiger partial charge in [-0.3, -0.25) is 4.98 Å². The number of nitrogens with one attached hydrogen (secondary N) is 1. The van der Waals surface area contributed by atoms with E-state index in [1.165, 1.54) is 0 Å². The second-order valence-electron chi connectivity index (χ2n) is 4.41. The number of hydrogen-bond donors (Lipinski definition) is 1. The van der Waals surface area contributed by atoms with Crippen molar-refractivity contribution in [2.24, 2.45) is 0 Å². The summed E-state index contributed by atoms with van der Waals surface area (Å²) in [5.74, 6) is 0.284. The Morgan fingerprint density at radius 2 is 2.00 bits per heavy atom. The van der Waals surface area contributed by atoms with Gasteiger partial charge in [-0.1, -0.05) is 18.2 Å². The average Bonchev–Trinajstić information content (AvgIpc) is 2.85. The Labute approximate surface area is 119 Å². The van der Waals surface area contributed by atoms with E-state index in [0.717, 1.165) is 16.9 Å². The molecule has 3 rings (SSSR count). The van der Waals surface area contributed by atoms with Gasteiger partial charge in [-0.05, 0) is 35.4 Å². The van der Waals surface area contributed by atoms with Crippen molar-refractivity contribution in [3.05, 3.63) is 64.1 Å². The Kier molecular flexibility index (Phi) is 3.24. The molecule has 0 spiro atoms. The molecule has 2 aromatic carbocycles. The maximum absolute atomic E-state index is 11.2. The van der Waals surface area contributed by atoms with Crippen LogP contribution in [0.25, 0.3) is 11.1 Å². The van der Waals surface area contributed by atoms with Gasteiger partial charge in [0.2, 0.25) is 0 Å². The molecule has 0 aliphatic rings. The second kappa shape index (κ2) is 5.06. The van der Waals surface area contributed by atoms with Crippen LogP contribution in [0.5, 0.6) is 5.75 Å². The lowest BCUT2D eigenvalue weighted by atomic mass is 10.0. The van der Waals surface area contributed by atoms with E-state index in [0.29, 0.717) is 11.1 Å². The molecule has 102 valence electrons. The first-order chi connectivity index (χ1) is 9.67. The maximum Gasteiger partial charge on any atom is 0.417 e. The van der Waals surface area contributed by atoms with Crippen LogP contribution in [0.1, 0.15) is 16.5 Å². The molecule has 1 aromatic heterocycles. The SMILES string of the molecule is COc1cccc(C(Cl)c2ccc3[nH]c(=O)oc3c2)c1. The van der Waals surface area contributed by atoms with E-state index < -0.39 is 5.76 Å². The van der Waals surface area contributed by atoms with Crippen molar-refractivity contribution in [3.63, 3.8) is 0 Å². The molecule has 0 bridgehead atoms. The van der Waals surface area contributed by atoms with Gasteiger partial charge < -0.3 is 9.15 Å². The predicted molar refractivity (Wildman–Crippen MR) is 77.5 cm³/mol. The third-order valence-corrected chi connectivity index (χ3v) is 3.63. The van der Waals surface area contributed by atoms with Gasteiger partial charge in [-0.25, -0.2) is 4.79 Å². The minimum absolute atomic E-state index is 0.338. The zero-order chi connectivity index (χ0) is 14.1. The number of oxazole rings is 1. The predicted octanol–water partition coefficient (Wildman–Crippen LogP) is 3.46. The molecule has 4 nitrogen and oxygen atoms in total. The maximum atomic E-state index is 11.2. The molecule has 0 fully saturated rings. The number of benzene rings is 2. The van der Waals surface area contributed by atoms with Crippen LogP contribution in [0.2, 0.25) is 0 Å². The molecule has 0 saturated heterocycles. The van der Waals surface area contributed by atoms with Crippen LogP contribution in [0.3, 0.4) is 0 Å². The molecule has 1 N–H and O–H groups in total. The number of H-pyrrole nitrogens is 1. The van der Waals surface area contributed by atoms with Crippen LogP contribution in [0.4, 0.5) is 0 Å². The first kappa shape index (κ1) is 12.8. The molecule has 1 unspecified atom stereocenters. The molecule has 5 heteroatoms. The zero-order valence-electron chi connectivity index (χ0n) is 10.7. The Morgan fingerprint density at radius 3 is 2.80 bits per heavy atom. The molecule has 1 atom stereocenters. The standard InChI is InChI=1S/C15H12ClNO3/c1-19-11-4-2-3-9(7-11)14(16)10-5-6-12-13(8-10)20-15(18)17-12/h2-8,14H,1H3,(H,17,18). The molecule has 1 heterocycles. The number of hydrogen-bond acceptors (Lipinski definition) is 3. The Bertz CT molecular complexity index is 806. The average molecular weight is 290 g/mol. The van der Waals surface area contributed by atoms with Gasteiger partial charge in [0.1, 0.15) is 5.75 Å². The number of fused-ring (bicyclic) bond motifs is 1. The van der Waals surface area contributed by atoms with Crippen LogP contribution in [-0.2, 0) is 0 Å². The van der Waals surface area contributed by atoms with E-state index >= 15 is 0 Å². The number of ether oxygens (including phenoxy) is 1. The topological polar surface area (TPSA) is 55.2 Å². The summed E-state index contributed by atoms with van der Waals surface area (Å²) in [7, 11) is 1.61. The van der Waals surface area contributed by atoms with Crippen molar-refractivity contribution in [1.29, 1.82) is 0 Å². The highest BCUT2D eigenvalue weighted by atomic mass is 35.5. The number of methoxy groups -OCH3 is 1. The summed E-state index contributed by atoms with van der Waals surface area (Å²) in [5, 5.41) is -0.338. The van der Waals surface area contributed by atoms with E-state index in [1.807, 2.05) is 30.3 Å². The largest absolute Gasteiger partial charge is 0.497 e.